The van der Waals surface area contributed by atoms with E-state index in [1.165, 1.54) is 17.5 Å². The number of hydrogen-bond acceptors (Lipinski definition) is 5. The molecule has 1 amide bonds. The van der Waals surface area contributed by atoms with Gasteiger partial charge in [-0.1, -0.05) is 13.8 Å². The second-order valence-electron chi connectivity index (χ2n) is 4.13. The van der Waals surface area contributed by atoms with E-state index in [4.69, 9.17) is 5.73 Å². The zero-order valence-electron chi connectivity index (χ0n) is 10.2. The monoisotopic (exact) mass is 262 g/mol. The molecular formula is C12H14N4OS. The van der Waals surface area contributed by atoms with Crippen LogP contribution in [0, 0.1) is 0 Å². The van der Waals surface area contributed by atoms with Gasteiger partial charge in [-0.3, -0.25) is 10.1 Å². The van der Waals surface area contributed by atoms with E-state index in [0.29, 0.717) is 16.7 Å². The van der Waals surface area contributed by atoms with Crippen molar-refractivity contribution in [2.75, 3.05) is 11.1 Å². The molecule has 2 aromatic heterocycles. The number of nitrogens with zero attached hydrogens (tertiary/aromatic N) is 2. The molecule has 0 saturated carbocycles. The first kappa shape index (κ1) is 12.5. The fourth-order valence-electron chi connectivity index (χ4n) is 1.37. The number of rotatable bonds is 3. The maximum atomic E-state index is 11.9. The molecule has 0 aliphatic rings. The van der Waals surface area contributed by atoms with Gasteiger partial charge in [-0.25, -0.2) is 9.97 Å². The minimum Gasteiger partial charge on any atom is -0.397 e. The van der Waals surface area contributed by atoms with Crippen molar-refractivity contribution in [1.82, 2.24) is 9.97 Å². The fraction of sp³-hybridized carbons (Fsp3) is 0.250. The van der Waals surface area contributed by atoms with Crippen molar-refractivity contribution in [3.63, 3.8) is 0 Å². The zero-order chi connectivity index (χ0) is 13.1. The highest BCUT2D eigenvalue weighted by Crippen LogP contribution is 2.22. The lowest BCUT2D eigenvalue weighted by Crippen LogP contribution is -2.15. The SMILES string of the molecule is CC(C)c1csc(NC(=O)c2ncccc2N)n1. The average molecular weight is 262 g/mol. The van der Waals surface area contributed by atoms with Crippen molar-refractivity contribution < 1.29 is 4.79 Å². The number of hydrogen-bond donors (Lipinski definition) is 2. The summed E-state index contributed by atoms with van der Waals surface area (Å²) in [6, 6.07) is 3.33. The van der Waals surface area contributed by atoms with Crippen molar-refractivity contribution in [3.05, 3.63) is 35.1 Å². The number of amides is 1. The third kappa shape index (κ3) is 2.65. The van der Waals surface area contributed by atoms with Gasteiger partial charge in [0.25, 0.3) is 5.91 Å². The van der Waals surface area contributed by atoms with Crippen molar-refractivity contribution in [2.45, 2.75) is 19.8 Å². The topological polar surface area (TPSA) is 80.9 Å². The Labute approximate surface area is 109 Å². The minimum absolute atomic E-state index is 0.221. The summed E-state index contributed by atoms with van der Waals surface area (Å²) in [5.41, 5.74) is 7.23. The van der Waals surface area contributed by atoms with Gasteiger partial charge < -0.3 is 5.73 Å². The molecule has 0 bridgehead atoms. The number of carbonyl (C=O) groups is 1. The Morgan fingerprint density at radius 1 is 1.50 bits per heavy atom. The molecule has 2 rings (SSSR count). The molecule has 6 heteroatoms. The number of anilines is 2. The number of pyridine rings is 1. The first-order valence-electron chi connectivity index (χ1n) is 5.55. The van der Waals surface area contributed by atoms with Gasteiger partial charge in [0.2, 0.25) is 0 Å². The molecule has 18 heavy (non-hydrogen) atoms. The van der Waals surface area contributed by atoms with Crippen LogP contribution in [0.15, 0.2) is 23.7 Å². The summed E-state index contributed by atoms with van der Waals surface area (Å²) in [4.78, 5) is 20.2. The standard InChI is InChI=1S/C12H14N4OS/c1-7(2)9-6-18-12(15-9)16-11(17)10-8(13)4-3-5-14-10/h3-7H,13H2,1-2H3,(H,15,16,17). The third-order valence-electron chi connectivity index (χ3n) is 2.39. The van der Waals surface area contributed by atoms with Gasteiger partial charge in [0.1, 0.15) is 0 Å². The van der Waals surface area contributed by atoms with Gasteiger partial charge in [-0.2, -0.15) is 0 Å². The lowest BCUT2D eigenvalue weighted by atomic mass is 10.2. The fourth-order valence-corrected chi connectivity index (χ4v) is 2.24. The lowest BCUT2D eigenvalue weighted by Gasteiger charge is -2.03. The van der Waals surface area contributed by atoms with Gasteiger partial charge in [0.15, 0.2) is 10.8 Å². The molecule has 0 fully saturated rings. The summed E-state index contributed by atoms with van der Waals surface area (Å²) < 4.78 is 0. The van der Waals surface area contributed by atoms with Crippen molar-refractivity contribution in [2.24, 2.45) is 0 Å². The molecule has 2 heterocycles. The molecule has 0 saturated heterocycles. The van der Waals surface area contributed by atoms with E-state index in [1.54, 1.807) is 12.1 Å². The van der Waals surface area contributed by atoms with E-state index in [-0.39, 0.29) is 11.6 Å². The van der Waals surface area contributed by atoms with Crippen LogP contribution < -0.4 is 11.1 Å². The molecule has 0 spiro atoms. The van der Waals surface area contributed by atoms with Gasteiger partial charge in [0.05, 0.1) is 11.4 Å². The van der Waals surface area contributed by atoms with Crippen molar-refractivity contribution >= 4 is 28.1 Å². The smallest absolute Gasteiger partial charge is 0.278 e. The maximum Gasteiger partial charge on any atom is 0.278 e. The number of carbonyl (C=O) groups excluding carboxylic acids is 1. The van der Waals surface area contributed by atoms with E-state index in [1.807, 2.05) is 5.38 Å². The quantitative estimate of drug-likeness (QED) is 0.890. The number of thiazole rings is 1. The summed E-state index contributed by atoms with van der Waals surface area (Å²) in [5.74, 6) is 0.00424. The lowest BCUT2D eigenvalue weighted by molar-refractivity contribution is 0.102. The summed E-state index contributed by atoms with van der Waals surface area (Å²) in [6.45, 7) is 4.11. The van der Waals surface area contributed by atoms with Crippen LogP contribution in [0.5, 0.6) is 0 Å². The van der Waals surface area contributed by atoms with Gasteiger partial charge in [0, 0.05) is 11.6 Å². The van der Waals surface area contributed by atoms with Crippen molar-refractivity contribution in [1.29, 1.82) is 0 Å². The molecule has 0 aromatic carbocycles. The number of nitrogens with two attached hydrogens (primary N) is 1. The molecular weight excluding hydrogens is 248 g/mol. The predicted molar refractivity (Wildman–Crippen MR) is 72.8 cm³/mol. The molecule has 2 aromatic rings. The Morgan fingerprint density at radius 3 is 2.89 bits per heavy atom. The van der Waals surface area contributed by atoms with Crippen LogP contribution in [0.1, 0.15) is 35.9 Å². The molecule has 0 aliphatic heterocycles. The van der Waals surface area contributed by atoms with Crippen LogP contribution in [0.25, 0.3) is 0 Å². The van der Waals surface area contributed by atoms with Crippen LogP contribution in [-0.2, 0) is 0 Å². The Bertz CT molecular complexity index is 565. The number of aromatic nitrogens is 2. The highest BCUT2D eigenvalue weighted by molar-refractivity contribution is 7.14. The zero-order valence-corrected chi connectivity index (χ0v) is 11.0. The second kappa shape index (κ2) is 5.14. The summed E-state index contributed by atoms with van der Waals surface area (Å²) >= 11 is 1.40. The van der Waals surface area contributed by atoms with E-state index in [9.17, 15) is 4.79 Å². The van der Waals surface area contributed by atoms with E-state index >= 15 is 0 Å². The summed E-state index contributed by atoms with van der Waals surface area (Å²) in [5, 5.41) is 5.20. The summed E-state index contributed by atoms with van der Waals surface area (Å²) in [6.07, 6.45) is 1.53. The molecule has 5 nitrogen and oxygen atoms in total. The molecule has 94 valence electrons. The van der Waals surface area contributed by atoms with Crippen LogP contribution in [0.2, 0.25) is 0 Å². The molecule has 0 aliphatic carbocycles. The predicted octanol–water partition coefficient (Wildman–Crippen LogP) is 2.50. The Hall–Kier alpha value is -1.95. The van der Waals surface area contributed by atoms with E-state index in [2.05, 4.69) is 29.1 Å². The normalized spacial score (nSPS) is 10.6. The van der Waals surface area contributed by atoms with E-state index < -0.39 is 0 Å². The highest BCUT2D eigenvalue weighted by atomic mass is 32.1. The van der Waals surface area contributed by atoms with Gasteiger partial charge in [-0.05, 0) is 18.1 Å². The average Bonchev–Trinajstić information content (AvgIpc) is 2.78. The van der Waals surface area contributed by atoms with Gasteiger partial charge >= 0.3 is 0 Å². The minimum atomic E-state index is -0.335. The van der Waals surface area contributed by atoms with Crippen LogP contribution in [0.3, 0.4) is 0 Å². The van der Waals surface area contributed by atoms with Gasteiger partial charge in [-0.15, -0.1) is 11.3 Å². The molecule has 0 atom stereocenters. The molecule has 3 N–H and O–H groups in total. The summed E-state index contributed by atoms with van der Waals surface area (Å²) in [7, 11) is 0. The van der Waals surface area contributed by atoms with Crippen molar-refractivity contribution in [3.8, 4) is 0 Å². The third-order valence-corrected chi connectivity index (χ3v) is 3.16. The Balaban J connectivity index is 2.14. The van der Waals surface area contributed by atoms with Crippen LogP contribution in [0.4, 0.5) is 10.8 Å². The van der Waals surface area contributed by atoms with Crippen LogP contribution in [-0.4, -0.2) is 15.9 Å². The van der Waals surface area contributed by atoms with E-state index in [0.717, 1.165) is 5.69 Å². The molecule has 0 unspecified atom stereocenters. The number of nitrogen functional groups attached to an aromatic ring is 1. The maximum absolute atomic E-state index is 11.9. The van der Waals surface area contributed by atoms with Crippen LogP contribution >= 0.6 is 11.3 Å². The second-order valence-corrected chi connectivity index (χ2v) is 4.99. The first-order valence-corrected chi connectivity index (χ1v) is 6.43. The largest absolute Gasteiger partial charge is 0.397 e. The first-order chi connectivity index (χ1) is 8.58. The highest BCUT2D eigenvalue weighted by Gasteiger charge is 2.13. The number of nitrogens with one attached hydrogen (secondary N) is 1. The molecule has 0 radical (unpaired) electrons. The Kier molecular flexibility index (Phi) is 3.57. The Morgan fingerprint density at radius 2 is 2.28 bits per heavy atom.